The molecule has 7 nitrogen and oxygen atoms in total. The molecule has 4 aromatic rings. The second-order valence-electron chi connectivity index (χ2n) is 8.66. The van der Waals surface area contributed by atoms with Gasteiger partial charge >= 0.3 is 0 Å². The quantitative estimate of drug-likeness (QED) is 0.389. The first kappa shape index (κ1) is 24.5. The Morgan fingerprint density at radius 3 is 2.38 bits per heavy atom. The zero-order valence-electron chi connectivity index (χ0n) is 21.2. The van der Waals surface area contributed by atoms with Crippen molar-refractivity contribution < 1.29 is 19.0 Å². The van der Waals surface area contributed by atoms with E-state index in [1.807, 2.05) is 55.5 Å². The van der Waals surface area contributed by atoms with E-state index in [0.29, 0.717) is 37.9 Å². The highest BCUT2D eigenvalue weighted by Gasteiger charge is 2.33. The number of thiazole rings is 1. The second kappa shape index (κ2) is 9.71. The van der Waals surface area contributed by atoms with E-state index >= 15 is 0 Å². The first-order valence-corrected chi connectivity index (χ1v) is 12.5. The summed E-state index contributed by atoms with van der Waals surface area (Å²) in [5, 5.41) is 1.90. The predicted octanol–water partition coefficient (Wildman–Crippen LogP) is 4.00. The summed E-state index contributed by atoms with van der Waals surface area (Å²) in [5.41, 5.74) is 2.37. The van der Waals surface area contributed by atoms with Crippen molar-refractivity contribution in [1.82, 2.24) is 4.57 Å². The Hall–Kier alpha value is -4.17. The van der Waals surface area contributed by atoms with Crippen molar-refractivity contribution in [3.8, 4) is 17.2 Å². The summed E-state index contributed by atoms with van der Waals surface area (Å²) in [7, 11) is 4.74. The molecule has 2 heterocycles. The van der Waals surface area contributed by atoms with E-state index in [1.165, 1.54) is 18.3 Å². The molecule has 37 heavy (non-hydrogen) atoms. The number of Topliss-reactive ketones (excluding diaryl/α,β-unsaturated/α-hetero) is 1. The van der Waals surface area contributed by atoms with Crippen LogP contribution in [0.25, 0.3) is 16.8 Å². The number of hydrogen-bond donors (Lipinski definition) is 0. The molecular weight excluding hydrogens is 488 g/mol. The Balaban J connectivity index is 1.81. The number of carbonyl (C=O) groups is 1. The number of benzene rings is 3. The number of carbonyl (C=O) groups excluding carboxylic acids is 1. The fourth-order valence-corrected chi connectivity index (χ4v) is 5.92. The molecule has 1 atom stereocenters. The number of ether oxygens (including phenoxy) is 3. The van der Waals surface area contributed by atoms with Crippen LogP contribution in [0.1, 0.15) is 31.0 Å². The average Bonchev–Trinajstić information content (AvgIpc) is 3.20. The van der Waals surface area contributed by atoms with E-state index in [-0.39, 0.29) is 11.3 Å². The van der Waals surface area contributed by atoms with Crippen LogP contribution in [0.5, 0.6) is 17.2 Å². The molecule has 1 aromatic heterocycles. The van der Waals surface area contributed by atoms with Gasteiger partial charge in [0.1, 0.15) is 5.75 Å². The van der Waals surface area contributed by atoms with Crippen molar-refractivity contribution in [2.75, 3.05) is 21.3 Å². The van der Waals surface area contributed by atoms with Gasteiger partial charge in [0.15, 0.2) is 22.1 Å². The highest BCUT2D eigenvalue weighted by molar-refractivity contribution is 7.07. The van der Waals surface area contributed by atoms with E-state index in [2.05, 4.69) is 4.99 Å². The zero-order chi connectivity index (χ0) is 26.3. The van der Waals surface area contributed by atoms with Gasteiger partial charge in [-0.05, 0) is 54.5 Å². The molecular formula is C29H26N2O5S. The normalized spacial score (nSPS) is 15.4. The maximum absolute atomic E-state index is 13.9. The molecule has 0 fully saturated rings. The van der Waals surface area contributed by atoms with Crippen LogP contribution in [0, 0.1) is 0 Å². The van der Waals surface area contributed by atoms with Gasteiger partial charge in [0, 0.05) is 16.8 Å². The van der Waals surface area contributed by atoms with Crippen LogP contribution in [0.2, 0.25) is 0 Å². The minimum Gasteiger partial charge on any atom is -0.496 e. The van der Waals surface area contributed by atoms with Crippen LogP contribution in [-0.4, -0.2) is 31.7 Å². The van der Waals surface area contributed by atoms with E-state index in [1.54, 1.807) is 38.0 Å². The number of aromatic nitrogens is 1. The maximum Gasteiger partial charge on any atom is 0.271 e. The van der Waals surface area contributed by atoms with Gasteiger partial charge in [-0.3, -0.25) is 14.2 Å². The van der Waals surface area contributed by atoms with Gasteiger partial charge < -0.3 is 14.2 Å². The number of methoxy groups -OCH3 is 3. The summed E-state index contributed by atoms with van der Waals surface area (Å²) in [6.45, 7) is 3.32. The molecule has 1 unspecified atom stereocenters. The lowest BCUT2D eigenvalue weighted by Crippen LogP contribution is -2.39. The maximum atomic E-state index is 13.9. The first-order valence-electron chi connectivity index (χ1n) is 11.7. The Kier molecular flexibility index (Phi) is 6.43. The molecule has 0 saturated carbocycles. The fraction of sp³-hybridized carbons (Fsp3) is 0.207. The molecule has 3 aromatic carbocycles. The standard InChI is InChI=1S/C29H26N2O5S/c1-16-25(17(2)32)27(26-20-9-7-6-8-19(20)11-13-22(26)35-4)31-28(33)24(37-29(31)30-16)15-18-10-12-21(34-3)23(14-18)36-5/h6-15,27H,1-5H3/b24-15+. The van der Waals surface area contributed by atoms with E-state index < -0.39 is 6.04 Å². The molecule has 0 amide bonds. The largest absolute Gasteiger partial charge is 0.496 e. The summed E-state index contributed by atoms with van der Waals surface area (Å²) in [6.07, 6.45) is 1.80. The van der Waals surface area contributed by atoms with E-state index in [0.717, 1.165) is 21.9 Å². The molecule has 1 aliphatic heterocycles. The third-order valence-electron chi connectivity index (χ3n) is 6.53. The minimum atomic E-state index is -0.678. The predicted molar refractivity (Wildman–Crippen MR) is 144 cm³/mol. The van der Waals surface area contributed by atoms with Crippen LogP contribution >= 0.6 is 11.3 Å². The van der Waals surface area contributed by atoms with Crippen molar-refractivity contribution in [3.63, 3.8) is 0 Å². The van der Waals surface area contributed by atoms with Crippen molar-refractivity contribution in [1.29, 1.82) is 0 Å². The Morgan fingerprint density at radius 1 is 0.973 bits per heavy atom. The number of hydrogen-bond acceptors (Lipinski definition) is 7. The van der Waals surface area contributed by atoms with Gasteiger partial charge in [-0.1, -0.05) is 47.7 Å². The Bertz CT molecular complexity index is 1760. The summed E-state index contributed by atoms with van der Waals surface area (Å²) >= 11 is 1.28. The molecule has 0 radical (unpaired) electrons. The summed E-state index contributed by atoms with van der Waals surface area (Å²) in [4.78, 5) is 32.1. The zero-order valence-corrected chi connectivity index (χ0v) is 22.0. The van der Waals surface area contributed by atoms with Crippen molar-refractivity contribution in [2.45, 2.75) is 19.9 Å². The van der Waals surface area contributed by atoms with E-state index in [4.69, 9.17) is 14.2 Å². The highest BCUT2D eigenvalue weighted by Crippen LogP contribution is 2.40. The number of nitrogens with zero attached hydrogens (tertiary/aromatic N) is 2. The summed E-state index contributed by atoms with van der Waals surface area (Å²) < 4.78 is 18.6. The molecule has 0 N–H and O–H groups in total. The number of fused-ring (bicyclic) bond motifs is 2. The second-order valence-corrected chi connectivity index (χ2v) is 9.66. The van der Waals surface area contributed by atoms with Crippen molar-refractivity contribution in [3.05, 3.63) is 96.7 Å². The van der Waals surface area contributed by atoms with Gasteiger partial charge in [-0.2, -0.15) is 0 Å². The Morgan fingerprint density at radius 2 is 1.68 bits per heavy atom. The van der Waals surface area contributed by atoms with Gasteiger partial charge in [0.25, 0.3) is 5.56 Å². The first-order chi connectivity index (χ1) is 17.9. The van der Waals surface area contributed by atoms with Crippen LogP contribution < -0.4 is 29.1 Å². The third kappa shape index (κ3) is 4.13. The highest BCUT2D eigenvalue weighted by atomic mass is 32.1. The molecule has 0 saturated heterocycles. The van der Waals surface area contributed by atoms with Gasteiger partial charge in [0.05, 0.1) is 31.9 Å². The van der Waals surface area contributed by atoms with Gasteiger partial charge in [-0.25, -0.2) is 4.99 Å². The molecule has 0 spiro atoms. The lowest BCUT2D eigenvalue weighted by Gasteiger charge is -2.27. The molecule has 5 rings (SSSR count). The minimum absolute atomic E-state index is 0.143. The van der Waals surface area contributed by atoms with Crippen LogP contribution in [-0.2, 0) is 4.79 Å². The van der Waals surface area contributed by atoms with Crippen LogP contribution in [0.15, 0.2) is 75.7 Å². The average molecular weight is 515 g/mol. The SMILES string of the molecule is COc1ccc(/C=c2/sc3n(c2=O)C(c2c(OC)ccc4ccccc24)C(C(C)=O)=C(C)N=3)cc1OC. The molecule has 188 valence electrons. The Labute approximate surface area is 217 Å². The van der Waals surface area contributed by atoms with E-state index in [9.17, 15) is 9.59 Å². The molecule has 0 bridgehead atoms. The van der Waals surface area contributed by atoms with Crippen molar-refractivity contribution >= 4 is 34.0 Å². The lowest BCUT2D eigenvalue weighted by atomic mass is 9.89. The molecule has 8 heteroatoms. The summed E-state index contributed by atoms with van der Waals surface area (Å²) in [5.74, 6) is 1.63. The smallest absolute Gasteiger partial charge is 0.271 e. The number of rotatable bonds is 6. The van der Waals surface area contributed by atoms with Gasteiger partial charge in [0.2, 0.25) is 0 Å². The monoisotopic (exact) mass is 514 g/mol. The summed E-state index contributed by atoms with van der Waals surface area (Å²) in [6, 6.07) is 16.5. The molecule has 1 aliphatic rings. The van der Waals surface area contributed by atoms with Gasteiger partial charge in [-0.15, -0.1) is 0 Å². The topological polar surface area (TPSA) is 79.1 Å². The van der Waals surface area contributed by atoms with Crippen LogP contribution in [0.4, 0.5) is 0 Å². The molecule has 0 aliphatic carbocycles. The number of allylic oxidation sites excluding steroid dienone is 2. The van der Waals surface area contributed by atoms with Crippen LogP contribution in [0.3, 0.4) is 0 Å². The van der Waals surface area contributed by atoms with Crippen molar-refractivity contribution in [2.24, 2.45) is 4.99 Å². The number of ketones is 1. The fourth-order valence-electron chi connectivity index (χ4n) is 4.87. The third-order valence-corrected chi connectivity index (χ3v) is 7.51. The lowest BCUT2D eigenvalue weighted by molar-refractivity contribution is -0.114.